The predicted octanol–water partition coefficient (Wildman–Crippen LogP) is 3.70. The van der Waals surface area contributed by atoms with Crippen LogP contribution in [0.1, 0.15) is 49.8 Å². The van der Waals surface area contributed by atoms with E-state index >= 15 is 0 Å². The molecule has 2 fully saturated rings. The quantitative estimate of drug-likeness (QED) is 0.476. The van der Waals surface area contributed by atoms with Crippen LogP contribution in [-0.2, 0) is 19.0 Å². The van der Waals surface area contributed by atoms with Crippen LogP contribution >= 0.6 is 0 Å². The fourth-order valence-corrected chi connectivity index (χ4v) is 3.46. The van der Waals surface area contributed by atoms with Gasteiger partial charge in [-0.05, 0) is 38.0 Å². The highest BCUT2D eigenvalue weighted by molar-refractivity contribution is 5.77. The second kappa shape index (κ2) is 10.4. The van der Waals surface area contributed by atoms with E-state index in [0.29, 0.717) is 18.4 Å². The van der Waals surface area contributed by atoms with Gasteiger partial charge in [0.05, 0.1) is 18.8 Å². The summed E-state index contributed by atoms with van der Waals surface area (Å²) in [5.74, 6) is -0.601. The third-order valence-electron chi connectivity index (χ3n) is 5.36. The number of alkyl halides is 6. The molecule has 8 nitrogen and oxygen atoms in total. The first-order chi connectivity index (χ1) is 15.4. The molecule has 0 bridgehead atoms. The minimum Gasteiger partial charge on any atom is -0.421 e. The molecule has 3 rings (SSSR count). The first-order valence-corrected chi connectivity index (χ1v) is 10.2. The van der Waals surface area contributed by atoms with Crippen molar-refractivity contribution in [2.45, 2.75) is 63.0 Å². The van der Waals surface area contributed by atoms with Gasteiger partial charge in [-0.25, -0.2) is 0 Å². The summed E-state index contributed by atoms with van der Waals surface area (Å²) in [6.07, 6.45) is -9.20. The van der Waals surface area contributed by atoms with Gasteiger partial charge in [-0.1, -0.05) is 6.58 Å². The van der Waals surface area contributed by atoms with Crippen LogP contribution < -0.4 is 5.32 Å². The van der Waals surface area contributed by atoms with Crippen molar-refractivity contribution in [3.63, 3.8) is 0 Å². The summed E-state index contributed by atoms with van der Waals surface area (Å²) in [4.78, 5) is 11.8. The summed E-state index contributed by atoms with van der Waals surface area (Å²) < 4.78 is 90.9. The van der Waals surface area contributed by atoms with Crippen molar-refractivity contribution in [1.29, 1.82) is 0 Å². The molecule has 0 saturated heterocycles. The monoisotopic (exact) mass is 487 g/mol. The molecule has 1 N–H and O–H groups in total. The van der Waals surface area contributed by atoms with Crippen LogP contribution in [-0.4, -0.2) is 60.8 Å². The lowest BCUT2D eigenvalue weighted by Crippen LogP contribution is -2.38. The number of carbonyl (C=O) groups is 1. The Morgan fingerprint density at radius 2 is 1.76 bits per heavy atom. The Morgan fingerprint density at radius 3 is 2.39 bits per heavy atom. The van der Waals surface area contributed by atoms with Gasteiger partial charge >= 0.3 is 12.7 Å². The third-order valence-corrected chi connectivity index (χ3v) is 5.36. The summed E-state index contributed by atoms with van der Waals surface area (Å²) in [5.41, 5.74) is 0.448. The Morgan fingerprint density at radius 1 is 1.06 bits per heavy atom. The van der Waals surface area contributed by atoms with Crippen molar-refractivity contribution < 1.29 is 49.8 Å². The van der Waals surface area contributed by atoms with Gasteiger partial charge in [0.15, 0.2) is 0 Å². The van der Waals surface area contributed by atoms with E-state index in [0.717, 1.165) is 0 Å². The highest BCUT2D eigenvalue weighted by atomic mass is 19.4. The summed E-state index contributed by atoms with van der Waals surface area (Å²) in [6, 6.07) is 0. The fourth-order valence-electron chi connectivity index (χ4n) is 3.46. The molecule has 0 aromatic carbocycles. The topological polar surface area (TPSA) is 95.7 Å². The zero-order valence-corrected chi connectivity index (χ0v) is 17.4. The molecule has 1 aromatic rings. The van der Waals surface area contributed by atoms with Gasteiger partial charge in [-0.2, -0.15) is 0 Å². The number of hydrogen-bond donors (Lipinski definition) is 1. The number of halogens is 6. The normalized spacial score (nSPS) is 25.3. The molecule has 0 radical (unpaired) electrons. The molecule has 1 aromatic heterocycles. The molecule has 0 spiro atoms. The summed E-state index contributed by atoms with van der Waals surface area (Å²) in [5, 5.41) is 10.3. The fraction of sp³-hybridized carbons (Fsp3) is 0.737. The largest absolute Gasteiger partial charge is 0.522 e. The van der Waals surface area contributed by atoms with Crippen molar-refractivity contribution in [1.82, 2.24) is 15.5 Å². The Kier molecular flexibility index (Phi) is 8.00. The molecule has 0 unspecified atom stereocenters. The minimum atomic E-state index is -4.68. The zero-order chi connectivity index (χ0) is 24.2. The smallest absolute Gasteiger partial charge is 0.421 e. The number of carbonyl (C=O) groups excluding carboxylic acids is 1. The number of ether oxygens (including phenoxy) is 3. The van der Waals surface area contributed by atoms with Gasteiger partial charge in [-0.3, -0.25) is 14.3 Å². The number of aromatic nitrogens is 2. The summed E-state index contributed by atoms with van der Waals surface area (Å²) in [7, 11) is 0. The van der Waals surface area contributed by atoms with E-state index in [4.69, 9.17) is 9.15 Å². The van der Waals surface area contributed by atoms with Crippen molar-refractivity contribution >= 4 is 11.5 Å². The van der Waals surface area contributed by atoms with Crippen molar-refractivity contribution in [2.24, 2.45) is 5.92 Å². The third kappa shape index (κ3) is 8.27. The molecule has 1 heterocycles. The van der Waals surface area contributed by atoms with E-state index in [1.54, 1.807) is 0 Å². The van der Waals surface area contributed by atoms with E-state index < -0.39 is 31.3 Å². The van der Waals surface area contributed by atoms with Crippen LogP contribution in [0.5, 0.6) is 0 Å². The maximum atomic E-state index is 12.2. The first kappa shape index (κ1) is 25.4. The van der Waals surface area contributed by atoms with Crippen LogP contribution in [0, 0.1) is 5.92 Å². The molecular formula is C19H23F6N3O5. The molecule has 2 aliphatic carbocycles. The number of amides is 1. The molecule has 0 atom stereocenters. The summed E-state index contributed by atoms with van der Waals surface area (Å²) >= 11 is 0. The molecule has 0 aliphatic heterocycles. The Hall–Kier alpha value is -2.19. The van der Waals surface area contributed by atoms with E-state index in [1.807, 2.05) is 0 Å². The standard InChI is InChI=1S/C19H23F6N3O5/c1-10(16-27-28-17(32-16)12-6-14(7-12)33-19(23,24)25)2-3-26-15(29)9-30-13-4-11(5-13)8-31-18(20,21)22/h11-14H,1-9H2,(H,26,29). The van der Waals surface area contributed by atoms with E-state index in [1.165, 1.54) is 0 Å². The predicted molar refractivity (Wildman–Crippen MR) is 98.3 cm³/mol. The van der Waals surface area contributed by atoms with E-state index in [9.17, 15) is 31.1 Å². The van der Waals surface area contributed by atoms with Crippen molar-refractivity contribution in [3.8, 4) is 0 Å². The highest BCUT2D eigenvalue weighted by Crippen LogP contribution is 2.41. The van der Waals surface area contributed by atoms with Crippen LogP contribution in [0.15, 0.2) is 11.0 Å². The number of nitrogens with zero attached hydrogens (tertiary/aromatic N) is 2. The number of hydrogen-bond acceptors (Lipinski definition) is 7. The van der Waals surface area contributed by atoms with Gasteiger partial charge in [0, 0.05) is 18.0 Å². The maximum Gasteiger partial charge on any atom is 0.522 e. The average molecular weight is 487 g/mol. The molecular weight excluding hydrogens is 464 g/mol. The Bertz CT molecular complexity index is 816. The van der Waals surface area contributed by atoms with Gasteiger partial charge < -0.3 is 14.5 Å². The van der Waals surface area contributed by atoms with Gasteiger partial charge in [-0.15, -0.1) is 36.5 Å². The van der Waals surface area contributed by atoms with Crippen LogP contribution in [0.4, 0.5) is 26.3 Å². The van der Waals surface area contributed by atoms with E-state index in [2.05, 4.69) is 31.6 Å². The maximum absolute atomic E-state index is 12.2. The molecule has 14 heteroatoms. The van der Waals surface area contributed by atoms with Crippen molar-refractivity contribution in [3.05, 3.63) is 18.4 Å². The lowest BCUT2D eigenvalue weighted by Gasteiger charge is -2.34. The second-order valence-corrected chi connectivity index (χ2v) is 8.03. The zero-order valence-electron chi connectivity index (χ0n) is 17.4. The Labute approximate surface area is 184 Å². The molecule has 2 saturated carbocycles. The summed E-state index contributed by atoms with van der Waals surface area (Å²) in [6.45, 7) is 3.36. The lowest BCUT2D eigenvalue weighted by molar-refractivity contribution is -0.352. The minimum absolute atomic E-state index is 0.126. The first-order valence-electron chi connectivity index (χ1n) is 10.2. The van der Waals surface area contributed by atoms with Gasteiger partial charge in [0.25, 0.3) is 0 Å². The number of nitrogens with one attached hydrogen (secondary N) is 1. The second-order valence-electron chi connectivity index (χ2n) is 8.03. The van der Waals surface area contributed by atoms with E-state index in [-0.39, 0.29) is 62.1 Å². The van der Waals surface area contributed by atoms with Gasteiger partial charge in [0.2, 0.25) is 17.7 Å². The van der Waals surface area contributed by atoms with Crippen LogP contribution in [0.3, 0.4) is 0 Å². The van der Waals surface area contributed by atoms with Gasteiger partial charge in [0.1, 0.15) is 6.61 Å². The van der Waals surface area contributed by atoms with Crippen LogP contribution in [0.2, 0.25) is 0 Å². The SMILES string of the molecule is C=C(CCNC(=O)COC1CC(COC(F)(F)F)C1)c1nnc(C2CC(OC(F)(F)F)C2)o1. The Balaban J connectivity index is 1.26. The molecule has 1 amide bonds. The molecule has 2 aliphatic rings. The lowest BCUT2D eigenvalue weighted by atomic mass is 9.82. The molecule has 186 valence electrons. The van der Waals surface area contributed by atoms with Crippen molar-refractivity contribution in [2.75, 3.05) is 19.8 Å². The highest BCUT2D eigenvalue weighted by Gasteiger charge is 2.42. The average Bonchev–Trinajstić information content (AvgIpc) is 3.10. The molecule has 33 heavy (non-hydrogen) atoms. The van der Waals surface area contributed by atoms with Crippen LogP contribution in [0.25, 0.3) is 5.57 Å². The number of rotatable bonds is 11.